The predicted octanol–water partition coefficient (Wildman–Crippen LogP) is 11.5. The number of H-pyrrole nitrogens is 4. The predicted molar refractivity (Wildman–Crippen MR) is 292 cm³/mol. The zero-order chi connectivity index (χ0) is 50.4. The van der Waals surface area contributed by atoms with Crippen LogP contribution in [-0.2, 0) is 9.59 Å². The minimum absolute atomic E-state index is 0. The molecule has 2 amide bonds. The first-order valence-electron chi connectivity index (χ1n) is 24.2. The van der Waals surface area contributed by atoms with Crippen LogP contribution < -0.4 is 10.6 Å². The average Bonchev–Trinajstić information content (AvgIpc) is 4.29. The fourth-order valence-electron chi connectivity index (χ4n) is 8.62. The lowest BCUT2D eigenvalue weighted by atomic mass is 10.0. The fourth-order valence-corrected chi connectivity index (χ4v) is 8.62. The van der Waals surface area contributed by atoms with Gasteiger partial charge in [-0.3, -0.25) is 50.0 Å². The summed E-state index contributed by atoms with van der Waals surface area (Å²) in [4.78, 5) is 71.1. The molecule has 0 aliphatic carbocycles. The van der Waals surface area contributed by atoms with E-state index in [1.165, 1.54) is 0 Å². The zero-order valence-electron chi connectivity index (χ0n) is 40.3. The van der Waals surface area contributed by atoms with E-state index in [-0.39, 0.29) is 19.2 Å². The first-order valence-corrected chi connectivity index (χ1v) is 24.2. The number of aromatic amines is 4. The summed E-state index contributed by atoms with van der Waals surface area (Å²) in [6, 6.07) is 23.5. The first-order chi connectivity index (χ1) is 36.4. The van der Waals surface area contributed by atoms with E-state index in [0.29, 0.717) is 53.2 Å². The van der Waals surface area contributed by atoms with E-state index in [0.717, 1.165) is 109 Å². The molecule has 0 aliphatic heterocycles. The number of benzene rings is 2. The summed E-state index contributed by atoms with van der Waals surface area (Å²) in [6.45, 7) is 4.12. The maximum atomic E-state index is 12.2. The zero-order valence-corrected chi connectivity index (χ0v) is 40.3. The molecule has 0 spiro atoms. The molecular formula is C56H51N17O2. The minimum atomic E-state index is -0.0865. The molecule has 10 aromatic heterocycles. The van der Waals surface area contributed by atoms with Crippen molar-refractivity contribution in [2.75, 3.05) is 10.6 Å². The molecule has 12 rings (SSSR count). The number of pyridine rings is 5. The Morgan fingerprint density at radius 2 is 1.05 bits per heavy atom. The van der Waals surface area contributed by atoms with E-state index in [1.807, 2.05) is 73.7 Å². The van der Waals surface area contributed by atoms with Crippen molar-refractivity contribution in [3.8, 4) is 67.7 Å². The Hall–Kier alpha value is -9.91. The van der Waals surface area contributed by atoms with Crippen molar-refractivity contribution in [2.24, 2.45) is 0 Å². The molecule has 0 aliphatic rings. The Labute approximate surface area is 429 Å². The number of unbranched alkanes of at least 4 members (excludes halogenated alkanes) is 2. The van der Waals surface area contributed by atoms with Crippen LogP contribution in [0.25, 0.3) is 112 Å². The molecule has 6 N–H and O–H groups in total. The lowest BCUT2D eigenvalue weighted by Crippen LogP contribution is -2.13. The number of carbonyl (C=O) groups excluding carboxylic acids is 2. The van der Waals surface area contributed by atoms with E-state index in [2.05, 4.69) is 88.9 Å². The summed E-state index contributed by atoms with van der Waals surface area (Å²) in [5.74, 6) is 1.48. The summed E-state index contributed by atoms with van der Waals surface area (Å²) in [5, 5.41) is 22.8. The van der Waals surface area contributed by atoms with E-state index in [4.69, 9.17) is 9.97 Å². The number of amides is 2. The molecule has 372 valence electrons. The Morgan fingerprint density at radius 3 is 1.63 bits per heavy atom. The Balaban J connectivity index is 0.000000169. The van der Waals surface area contributed by atoms with E-state index in [1.54, 1.807) is 68.2 Å². The van der Waals surface area contributed by atoms with Gasteiger partial charge in [0, 0.05) is 107 Å². The van der Waals surface area contributed by atoms with Crippen LogP contribution in [-0.4, -0.2) is 87.0 Å². The number of nitrogens with zero attached hydrogens (tertiary/aromatic N) is 11. The van der Waals surface area contributed by atoms with Gasteiger partial charge in [-0.25, -0.2) is 19.9 Å². The van der Waals surface area contributed by atoms with E-state index in [9.17, 15) is 9.59 Å². The third-order valence-electron chi connectivity index (χ3n) is 12.4. The number of carbonyl (C=O) groups is 2. The molecule has 0 radical (unpaired) electrons. The van der Waals surface area contributed by atoms with Crippen molar-refractivity contribution in [3.05, 3.63) is 141 Å². The summed E-state index contributed by atoms with van der Waals surface area (Å²) in [6.07, 6.45) is 23.8. The highest BCUT2D eigenvalue weighted by Crippen LogP contribution is 2.35. The van der Waals surface area contributed by atoms with Crippen LogP contribution >= 0.6 is 0 Å². The molecule has 12 aromatic rings. The van der Waals surface area contributed by atoms with Gasteiger partial charge in [-0.1, -0.05) is 58.4 Å². The molecule has 0 atom stereocenters. The highest BCUT2D eigenvalue weighted by Gasteiger charge is 2.19. The molecule has 19 nitrogen and oxygen atoms in total. The third kappa shape index (κ3) is 10.4. The van der Waals surface area contributed by atoms with Crippen molar-refractivity contribution in [1.29, 1.82) is 0 Å². The molecule has 0 unspecified atom stereocenters. The molecular weight excluding hydrogens is 943 g/mol. The van der Waals surface area contributed by atoms with Gasteiger partial charge in [0.1, 0.15) is 22.4 Å². The number of imidazole rings is 2. The quantitative estimate of drug-likeness (QED) is 0.0593. The monoisotopic (exact) mass is 993 g/mol. The molecule has 75 heavy (non-hydrogen) atoms. The number of hydrogen-bond acceptors (Lipinski definition) is 13. The molecule has 10 heterocycles. The summed E-state index contributed by atoms with van der Waals surface area (Å²) < 4.78 is 0. The van der Waals surface area contributed by atoms with Gasteiger partial charge in [-0.15, -0.1) is 0 Å². The van der Waals surface area contributed by atoms with Crippen molar-refractivity contribution in [1.82, 2.24) is 75.2 Å². The minimum Gasteiger partial charge on any atom is -0.335 e. The smallest absolute Gasteiger partial charge is 0.229 e. The highest BCUT2D eigenvalue weighted by atomic mass is 16.2. The Kier molecular flexibility index (Phi) is 14.2. The van der Waals surface area contributed by atoms with Crippen LogP contribution in [0.2, 0.25) is 0 Å². The van der Waals surface area contributed by atoms with Crippen LogP contribution in [0.15, 0.2) is 141 Å². The lowest BCUT2D eigenvalue weighted by Gasteiger charge is -2.07. The number of anilines is 2. The largest absolute Gasteiger partial charge is 0.335 e. The van der Waals surface area contributed by atoms with Gasteiger partial charge >= 0.3 is 0 Å². The standard InChI is InChI=1S/C28H24N8O.C27H23N9O.CH4/c1-2-3-6-25(37)32-20-10-19(13-30-14-20)17-7-8-23-21(11-17)27(36-35-23)28-33-24-16-31-15-22(26(24)34-28)18-5-4-9-29-12-18;1-2-3-6-23(37)33-27-30-11-9-20(32-27)16-7-8-21-18(12-16)25(36-35-21)26-31-22-15-29-14-19(24(22)34-26)17-5-4-10-28-13-17;/h4-5,7-16H,2-3,6H2,1H3,(H,32,37)(H,33,34)(H,35,36);4-5,7-15H,2-3,6H2,1H3,(H,31,34)(H,35,36)(H,30,32,33,37);1H4. The summed E-state index contributed by atoms with van der Waals surface area (Å²) >= 11 is 0. The highest BCUT2D eigenvalue weighted by molar-refractivity contribution is 6.00. The molecule has 0 bridgehead atoms. The van der Waals surface area contributed by atoms with Gasteiger partial charge in [-0.2, -0.15) is 10.2 Å². The van der Waals surface area contributed by atoms with Crippen molar-refractivity contribution in [3.63, 3.8) is 0 Å². The second-order valence-corrected chi connectivity index (χ2v) is 17.5. The van der Waals surface area contributed by atoms with Crippen LogP contribution in [0, 0.1) is 0 Å². The number of aromatic nitrogens is 15. The summed E-state index contributed by atoms with van der Waals surface area (Å²) in [7, 11) is 0. The molecule has 2 aromatic carbocycles. The molecule has 0 fully saturated rings. The molecule has 0 saturated carbocycles. The van der Waals surface area contributed by atoms with Crippen molar-refractivity contribution >= 4 is 67.3 Å². The van der Waals surface area contributed by atoms with Gasteiger partial charge in [0.05, 0.1) is 52.0 Å². The van der Waals surface area contributed by atoms with Crippen LogP contribution in [0.5, 0.6) is 0 Å². The average molecular weight is 994 g/mol. The third-order valence-corrected chi connectivity index (χ3v) is 12.4. The van der Waals surface area contributed by atoms with Gasteiger partial charge in [-0.05, 0) is 66.9 Å². The van der Waals surface area contributed by atoms with Crippen LogP contribution in [0.1, 0.15) is 59.8 Å². The van der Waals surface area contributed by atoms with Gasteiger partial charge in [0.15, 0.2) is 11.6 Å². The number of rotatable bonds is 14. The van der Waals surface area contributed by atoms with Crippen LogP contribution in [0.3, 0.4) is 0 Å². The van der Waals surface area contributed by atoms with E-state index >= 15 is 0 Å². The molecule has 19 heteroatoms. The number of fused-ring (bicyclic) bond motifs is 4. The van der Waals surface area contributed by atoms with Gasteiger partial charge < -0.3 is 15.3 Å². The topological polar surface area (TPSA) is 263 Å². The van der Waals surface area contributed by atoms with Gasteiger partial charge in [0.2, 0.25) is 17.8 Å². The van der Waals surface area contributed by atoms with Gasteiger partial charge in [0.25, 0.3) is 0 Å². The second kappa shape index (κ2) is 21.8. The normalized spacial score (nSPS) is 11.1. The SMILES string of the molecule is C.CCCCC(=O)Nc1cncc(-c2ccc3[nH]nc(-c4nc5c(-c6cccnc6)cncc5[nH]4)c3c2)c1.CCCCC(=O)Nc1nccc(-c2ccc3[nH]nc(-c4nc5c(-c6cccnc6)cncc5[nH]4)c3c2)n1. The summed E-state index contributed by atoms with van der Waals surface area (Å²) in [5.41, 5.74) is 14.2. The van der Waals surface area contributed by atoms with Crippen LogP contribution in [0.4, 0.5) is 11.6 Å². The maximum Gasteiger partial charge on any atom is 0.229 e. The second-order valence-electron chi connectivity index (χ2n) is 17.5. The fraction of sp³-hybridized carbons (Fsp3) is 0.161. The Morgan fingerprint density at radius 1 is 0.507 bits per heavy atom. The lowest BCUT2D eigenvalue weighted by molar-refractivity contribution is -0.117. The first kappa shape index (κ1) is 48.7. The Bertz CT molecular complexity index is 3700. The van der Waals surface area contributed by atoms with Crippen molar-refractivity contribution < 1.29 is 9.59 Å². The number of hydrogen-bond donors (Lipinski definition) is 6. The maximum absolute atomic E-state index is 12.2. The number of nitrogens with one attached hydrogen (secondary N) is 6. The van der Waals surface area contributed by atoms with E-state index < -0.39 is 0 Å². The molecule has 0 saturated heterocycles. The van der Waals surface area contributed by atoms with Crippen molar-refractivity contribution in [2.45, 2.75) is 59.8 Å².